The highest BCUT2D eigenvalue weighted by atomic mass is 16.4. The number of hydrogen-bond donors (Lipinski definition) is 3. The van der Waals surface area contributed by atoms with E-state index in [9.17, 15) is 14.7 Å². The van der Waals surface area contributed by atoms with Crippen molar-refractivity contribution < 1.29 is 14.7 Å². The number of hydrogen-bond acceptors (Lipinski definition) is 2. The molecule has 3 amide bonds. The second kappa shape index (κ2) is 9.78. The number of carbonyl (C=O) groups is 2. The van der Waals surface area contributed by atoms with Crippen LogP contribution in [-0.4, -0.2) is 40.8 Å². The molecule has 0 aliphatic rings. The van der Waals surface area contributed by atoms with Crippen molar-refractivity contribution in [2.45, 2.75) is 39.2 Å². The van der Waals surface area contributed by atoms with Crippen molar-refractivity contribution in [2.75, 3.05) is 18.4 Å². The van der Waals surface area contributed by atoms with Crippen molar-refractivity contribution in [1.29, 1.82) is 0 Å². The van der Waals surface area contributed by atoms with Crippen molar-refractivity contribution in [1.82, 2.24) is 10.2 Å². The van der Waals surface area contributed by atoms with E-state index in [1.54, 1.807) is 0 Å². The lowest BCUT2D eigenvalue weighted by molar-refractivity contribution is 0.101. The van der Waals surface area contributed by atoms with Gasteiger partial charge in [-0.3, -0.25) is 0 Å². The van der Waals surface area contributed by atoms with Crippen LogP contribution in [0.5, 0.6) is 0 Å². The third-order valence-corrected chi connectivity index (χ3v) is 4.39. The van der Waals surface area contributed by atoms with Crippen LogP contribution in [0.2, 0.25) is 0 Å². The monoisotopic (exact) mass is 383 g/mol. The first kappa shape index (κ1) is 21.3. The molecule has 0 aromatic heterocycles. The molecular weight excluding hydrogens is 354 g/mol. The van der Waals surface area contributed by atoms with E-state index in [-0.39, 0.29) is 6.03 Å². The zero-order chi connectivity index (χ0) is 20.6. The average molecular weight is 383 g/mol. The van der Waals surface area contributed by atoms with E-state index < -0.39 is 11.6 Å². The molecule has 3 N–H and O–H groups in total. The second-order valence-corrected chi connectivity index (χ2v) is 7.67. The van der Waals surface area contributed by atoms with Crippen LogP contribution < -0.4 is 10.6 Å². The zero-order valence-electron chi connectivity index (χ0n) is 16.7. The third kappa shape index (κ3) is 6.95. The van der Waals surface area contributed by atoms with Gasteiger partial charge in [0.15, 0.2) is 0 Å². The van der Waals surface area contributed by atoms with Crippen LogP contribution in [0.25, 0.3) is 0 Å². The Morgan fingerprint density at radius 3 is 2.29 bits per heavy atom. The van der Waals surface area contributed by atoms with Gasteiger partial charge >= 0.3 is 12.1 Å². The van der Waals surface area contributed by atoms with E-state index in [4.69, 9.17) is 0 Å². The Labute approximate surface area is 166 Å². The fourth-order valence-corrected chi connectivity index (χ4v) is 2.90. The molecule has 150 valence electrons. The quantitative estimate of drug-likeness (QED) is 0.664. The molecule has 28 heavy (non-hydrogen) atoms. The third-order valence-electron chi connectivity index (χ3n) is 4.39. The molecule has 0 saturated carbocycles. The number of nitrogens with one attached hydrogen (secondary N) is 2. The standard InChI is InChI=1S/C22H29N3O3/c1-22(2,3)25(21(27)28)15-13-18-10-7-11-19(16-18)24-20(26)23-14-12-17-8-5-4-6-9-17/h4-11,16H,12-15H2,1-3H3,(H,27,28)(H2,23,24,26). The molecule has 2 rings (SSSR count). The molecule has 0 fully saturated rings. The molecule has 0 atom stereocenters. The first-order valence-corrected chi connectivity index (χ1v) is 9.44. The van der Waals surface area contributed by atoms with Crippen molar-refractivity contribution in [2.24, 2.45) is 0 Å². The van der Waals surface area contributed by atoms with Crippen LogP contribution in [-0.2, 0) is 12.8 Å². The van der Waals surface area contributed by atoms with Crippen LogP contribution in [0.3, 0.4) is 0 Å². The average Bonchev–Trinajstić information content (AvgIpc) is 2.61. The molecule has 6 nitrogen and oxygen atoms in total. The lowest BCUT2D eigenvalue weighted by Gasteiger charge is -2.33. The fourth-order valence-electron chi connectivity index (χ4n) is 2.90. The Kier molecular flexibility index (Phi) is 7.44. The summed E-state index contributed by atoms with van der Waals surface area (Å²) in [6, 6.07) is 17.2. The first-order chi connectivity index (χ1) is 13.3. The number of carboxylic acid groups (broad SMARTS) is 1. The van der Waals surface area contributed by atoms with Gasteiger partial charge in [-0.05, 0) is 56.9 Å². The Morgan fingerprint density at radius 1 is 0.964 bits per heavy atom. The fraction of sp³-hybridized carbons (Fsp3) is 0.364. The van der Waals surface area contributed by atoms with E-state index in [2.05, 4.69) is 10.6 Å². The molecule has 0 aliphatic heterocycles. The summed E-state index contributed by atoms with van der Waals surface area (Å²) < 4.78 is 0. The Hall–Kier alpha value is -3.02. The molecule has 0 spiro atoms. The maximum Gasteiger partial charge on any atom is 0.407 e. The van der Waals surface area contributed by atoms with Gasteiger partial charge in [-0.25, -0.2) is 9.59 Å². The van der Waals surface area contributed by atoms with Gasteiger partial charge in [-0.2, -0.15) is 0 Å². The smallest absolute Gasteiger partial charge is 0.407 e. The maximum absolute atomic E-state index is 12.1. The number of nitrogens with zero attached hydrogens (tertiary/aromatic N) is 1. The minimum atomic E-state index is -0.931. The van der Waals surface area contributed by atoms with Crippen molar-refractivity contribution in [3.8, 4) is 0 Å². The van der Waals surface area contributed by atoms with Crippen LogP contribution >= 0.6 is 0 Å². The van der Waals surface area contributed by atoms with Crippen molar-refractivity contribution in [3.05, 3.63) is 65.7 Å². The number of benzene rings is 2. The summed E-state index contributed by atoms with van der Waals surface area (Å²) in [5.41, 5.74) is 2.37. The number of urea groups is 1. The predicted molar refractivity (Wildman–Crippen MR) is 112 cm³/mol. The van der Waals surface area contributed by atoms with Crippen molar-refractivity contribution >= 4 is 17.8 Å². The van der Waals surface area contributed by atoms with Gasteiger partial charge in [0.05, 0.1) is 0 Å². The highest BCUT2D eigenvalue weighted by Crippen LogP contribution is 2.16. The number of rotatable bonds is 7. The van der Waals surface area contributed by atoms with Crippen LogP contribution in [0.1, 0.15) is 31.9 Å². The molecule has 6 heteroatoms. The number of amides is 3. The van der Waals surface area contributed by atoms with Gasteiger partial charge in [0.25, 0.3) is 0 Å². The molecule has 2 aromatic rings. The first-order valence-electron chi connectivity index (χ1n) is 9.44. The molecule has 0 heterocycles. The Bertz CT molecular complexity index is 785. The van der Waals surface area contributed by atoms with E-state index in [1.165, 1.54) is 10.5 Å². The van der Waals surface area contributed by atoms with E-state index in [0.717, 1.165) is 12.0 Å². The van der Waals surface area contributed by atoms with Gasteiger partial charge < -0.3 is 20.6 Å². The van der Waals surface area contributed by atoms with Gasteiger partial charge in [0.1, 0.15) is 0 Å². The molecular formula is C22H29N3O3. The topological polar surface area (TPSA) is 81.7 Å². The summed E-state index contributed by atoms with van der Waals surface area (Å²) in [6.45, 7) is 6.57. The van der Waals surface area contributed by atoms with Gasteiger partial charge in [-0.1, -0.05) is 42.5 Å². The number of carbonyl (C=O) groups excluding carboxylic acids is 1. The zero-order valence-corrected chi connectivity index (χ0v) is 16.7. The highest BCUT2D eigenvalue weighted by molar-refractivity contribution is 5.89. The van der Waals surface area contributed by atoms with Gasteiger partial charge in [0.2, 0.25) is 0 Å². The Balaban J connectivity index is 1.85. The largest absolute Gasteiger partial charge is 0.465 e. The summed E-state index contributed by atoms with van der Waals surface area (Å²) in [4.78, 5) is 25.0. The highest BCUT2D eigenvalue weighted by Gasteiger charge is 2.25. The summed E-state index contributed by atoms with van der Waals surface area (Å²) in [7, 11) is 0. The lowest BCUT2D eigenvalue weighted by Crippen LogP contribution is -2.45. The minimum Gasteiger partial charge on any atom is -0.465 e. The minimum absolute atomic E-state index is 0.255. The van der Waals surface area contributed by atoms with Crippen LogP contribution in [0, 0.1) is 0 Å². The van der Waals surface area contributed by atoms with Gasteiger partial charge in [0, 0.05) is 24.3 Å². The molecule has 0 radical (unpaired) electrons. The van der Waals surface area contributed by atoms with Crippen molar-refractivity contribution in [3.63, 3.8) is 0 Å². The van der Waals surface area contributed by atoms with E-state index in [1.807, 2.05) is 75.4 Å². The second-order valence-electron chi connectivity index (χ2n) is 7.67. The Morgan fingerprint density at radius 2 is 1.64 bits per heavy atom. The molecule has 2 aromatic carbocycles. The van der Waals surface area contributed by atoms with Gasteiger partial charge in [-0.15, -0.1) is 0 Å². The van der Waals surface area contributed by atoms with E-state index >= 15 is 0 Å². The normalized spacial score (nSPS) is 11.0. The maximum atomic E-state index is 12.1. The predicted octanol–water partition coefficient (Wildman–Crippen LogP) is 4.37. The number of anilines is 1. The van der Waals surface area contributed by atoms with Crippen LogP contribution in [0.4, 0.5) is 15.3 Å². The summed E-state index contributed by atoms with van der Waals surface area (Å²) >= 11 is 0. The molecule has 0 saturated heterocycles. The molecule has 0 aliphatic carbocycles. The van der Waals surface area contributed by atoms with Crippen LogP contribution in [0.15, 0.2) is 54.6 Å². The van der Waals surface area contributed by atoms with E-state index in [0.29, 0.717) is 25.2 Å². The summed E-state index contributed by atoms with van der Waals surface area (Å²) in [6.07, 6.45) is 0.417. The molecule has 0 bridgehead atoms. The summed E-state index contributed by atoms with van der Waals surface area (Å²) in [5.74, 6) is 0. The SMILES string of the molecule is CC(C)(C)N(CCc1cccc(NC(=O)NCCc2ccccc2)c1)C(=O)O. The summed E-state index contributed by atoms with van der Waals surface area (Å²) in [5, 5.41) is 15.1. The molecule has 0 unspecified atom stereocenters. The lowest BCUT2D eigenvalue weighted by atomic mass is 10.0.